The lowest BCUT2D eigenvalue weighted by Gasteiger charge is -2.22. The molecule has 0 aromatic carbocycles. The number of rotatable bonds is 7. The third-order valence-electron chi connectivity index (χ3n) is 5.06. The Kier molecular flexibility index (Phi) is 6.92. The molecule has 2 aromatic heterocycles. The number of carbonyl (C=O) groups excluding carboxylic acids is 1. The number of aromatic nitrogens is 4. The van der Waals surface area contributed by atoms with Crippen LogP contribution in [0.5, 0.6) is 0 Å². The topological polar surface area (TPSA) is 70.4 Å². The molecule has 27 heavy (non-hydrogen) atoms. The Bertz CT molecular complexity index is 715. The van der Waals surface area contributed by atoms with Gasteiger partial charge in [0.05, 0.1) is 6.54 Å². The predicted molar refractivity (Wildman–Crippen MR) is 105 cm³/mol. The van der Waals surface area contributed by atoms with Crippen LogP contribution in [0.2, 0.25) is 0 Å². The molecule has 148 valence electrons. The van der Waals surface area contributed by atoms with Gasteiger partial charge in [-0.1, -0.05) is 6.07 Å². The molecule has 1 aliphatic rings. The zero-order valence-corrected chi connectivity index (χ0v) is 17.2. The van der Waals surface area contributed by atoms with Crippen LogP contribution < -0.4 is 0 Å². The van der Waals surface area contributed by atoms with Gasteiger partial charge in [-0.2, -0.15) is 0 Å². The summed E-state index contributed by atoms with van der Waals surface area (Å²) in [6.07, 6.45) is 0.996. The van der Waals surface area contributed by atoms with E-state index < -0.39 is 0 Å². The average Bonchev–Trinajstić information content (AvgIpc) is 3.23. The van der Waals surface area contributed by atoms with Crippen LogP contribution >= 0.6 is 11.3 Å². The molecule has 1 fully saturated rings. The van der Waals surface area contributed by atoms with Crippen molar-refractivity contribution in [3.63, 3.8) is 0 Å². The molecular weight excluding hydrogens is 362 g/mol. The zero-order valence-electron chi connectivity index (χ0n) is 16.4. The van der Waals surface area contributed by atoms with Crippen molar-refractivity contribution >= 4 is 17.2 Å². The highest BCUT2D eigenvalue weighted by Crippen LogP contribution is 2.14. The summed E-state index contributed by atoms with van der Waals surface area (Å²) < 4.78 is 1.63. The normalized spacial score (nSPS) is 16.3. The fraction of sp³-hybridized carbons (Fsp3) is 0.667. The van der Waals surface area contributed by atoms with Crippen molar-refractivity contribution in [1.82, 2.24) is 34.9 Å². The van der Waals surface area contributed by atoms with Crippen LogP contribution in [0, 0.1) is 0 Å². The summed E-state index contributed by atoms with van der Waals surface area (Å²) in [6.45, 7) is 9.54. The maximum atomic E-state index is 12.8. The van der Waals surface area contributed by atoms with Crippen molar-refractivity contribution in [3.8, 4) is 0 Å². The molecular formula is C18H29N7OS. The fourth-order valence-electron chi connectivity index (χ4n) is 3.09. The minimum atomic E-state index is 0.0914. The van der Waals surface area contributed by atoms with Crippen LogP contribution in [-0.4, -0.2) is 80.1 Å². The zero-order chi connectivity index (χ0) is 19.2. The van der Waals surface area contributed by atoms with E-state index >= 15 is 0 Å². The summed E-state index contributed by atoms with van der Waals surface area (Å²) in [6, 6.07) is 4.66. The molecule has 0 bridgehead atoms. The highest BCUT2D eigenvalue weighted by Gasteiger charge is 2.21. The Morgan fingerprint density at radius 1 is 1.30 bits per heavy atom. The Balaban J connectivity index is 1.53. The molecule has 9 heteroatoms. The molecule has 3 heterocycles. The number of thiophene rings is 1. The summed E-state index contributed by atoms with van der Waals surface area (Å²) in [5.74, 6) is 0.822. The minimum Gasteiger partial charge on any atom is -0.340 e. The second-order valence-electron chi connectivity index (χ2n) is 7.35. The average molecular weight is 392 g/mol. The Labute approximate surface area is 164 Å². The summed E-state index contributed by atoms with van der Waals surface area (Å²) in [4.78, 5) is 20.7. The largest absolute Gasteiger partial charge is 0.340 e. The molecule has 0 aliphatic carbocycles. The van der Waals surface area contributed by atoms with Crippen molar-refractivity contribution in [2.24, 2.45) is 0 Å². The highest BCUT2D eigenvalue weighted by atomic mass is 32.1. The van der Waals surface area contributed by atoms with E-state index in [1.165, 1.54) is 4.88 Å². The molecule has 0 N–H and O–H groups in total. The molecule has 1 aliphatic heterocycles. The minimum absolute atomic E-state index is 0.0914. The first-order valence-corrected chi connectivity index (χ1v) is 10.4. The lowest BCUT2D eigenvalue weighted by molar-refractivity contribution is -0.132. The van der Waals surface area contributed by atoms with Crippen LogP contribution in [0.1, 0.15) is 31.0 Å². The lowest BCUT2D eigenvalue weighted by atomic mass is 10.3. The smallest absolute Gasteiger partial charge is 0.244 e. The van der Waals surface area contributed by atoms with E-state index in [4.69, 9.17) is 0 Å². The van der Waals surface area contributed by atoms with Crippen LogP contribution in [0.25, 0.3) is 0 Å². The van der Waals surface area contributed by atoms with Gasteiger partial charge in [-0.3, -0.25) is 14.6 Å². The van der Waals surface area contributed by atoms with Gasteiger partial charge >= 0.3 is 0 Å². The fourth-order valence-corrected chi connectivity index (χ4v) is 3.84. The van der Waals surface area contributed by atoms with E-state index in [0.717, 1.165) is 45.0 Å². The molecule has 2 aromatic rings. The van der Waals surface area contributed by atoms with E-state index in [2.05, 4.69) is 56.7 Å². The van der Waals surface area contributed by atoms with E-state index in [1.54, 1.807) is 16.0 Å². The van der Waals surface area contributed by atoms with Gasteiger partial charge in [0.25, 0.3) is 0 Å². The molecule has 8 nitrogen and oxygen atoms in total. The molecule has 1 amide bonds. The van der Waals surface area contributed by atoms with E-state index in [-0.39, 0.29) is 12.5 Å². The first kappa shape index (κ1) is 19.9. The lowest BCUT2D eigenvalue weighted by Crippen LogP contribution is -2.38. The number of carbonyl (C=O) groups is 1. The Hall–Kier alpha value is -1.84. The molecule has 0 radical (unpaired) electrons. The van der Waals surface area contributed by atoms with Crippen molar-refractivity contribution in [2.75, 3.05) is 33.2 Å². The van der Waals surface area contributed by atoms with Gasteiger partial charge in [0.1, 0.15) is 6.54 Å². The molecule has 1 saturated heterocycles. The standard InChI is InChI=1S/C18H29N7OS/c1-15(2)22(3)13-17-19-20-21-25(17)14-18(26)24-8-5-7-23(9-10-24)12-16-6-4-11-27-16/h4,6,11,15H,5,7-10,12-14H2,1-3H3. The number of amides is 1. The summed E-state index contributed by atoms with van der Waals surface area (Å²) >= 11 is 1.79. The molecule has 3 rings (SSSR count). The number of tetrazole rings is 1. The van der Waals surface area contributed by atoms with Gasteiger partial charge in [0.15, 0.2) is 5.82 Å². The number of hydrogen-bond donors (Lipinski definition) is 0. The van der Waals surface area contributed by atoms with Crippen molar-refractivity contribution in [2.45, 2.75) is 45.9 Å². The van der Waals surface area contributed by atoms with Gasteiger partial charge in [-0.15, -0.1) is 16.4 Å². The summed E-state index contributed by atoms with van der Waals surface area (Å²) in [5, 5.41) is 14.0. The van der Waals surface area contributed by atoms with Gasteiger partial charge in [0.2, 0.25) is 5.91 Å². The van der Waals surface area contributed by atoms with Crippen molar-refractivity contribution < 1.29 is 4.79 Å². The maximum absolute atomic E-state index is 12.8. The Morgan fingerprint density at radius 3 is 2.89 bits per heavy atom. The van der Waals surface area contributed by atoms with Crippen LogP contribution in [0.3, 0.4) is 0 Å². The molecule has 0 spiro atoms. The SMILES string of the molecule is CC(C)N(C)Cc1nnnn1CC(=O)N1CCCN(Cc2cccs2)CC1. The molecule has 0 unspecified atom stereocenters. The van der Waals surface area contributed by atoms with Crippen LogP contribution in [0.15, 0.2) is 17.5 Å². The maximum Gasteiger partial charge on any atom is 0.244 e. The van der Waals surface area contributed by atoms with Gasteiger partial charge in [-0.25, -0.2) is 4.68 Å². The van der Waals surface area contributed by atoms with E-state index in [1.807, 2.05) is 11.9 Å². The Morgan fingerprint density at radius 2 is 2.15 bits per heavy atom. The molecule has 0 atom stereocenters. The van der Waals surface area contributed by atoms with Crippen molar-refractivity contribution in [1.29, 1.82) is 0 Å². The number of nitrogens with zero attached hydrogens (tertiary/aromatic N) is 7. The number of hydrogen-bond acceptors (Lipinski definition) is 7. The monoisotopic (exact) mass is 391 g/mol. The first-order chi connectivity index (χ1) is 13.0. The third-order valence-corrected chi connectivity index (χ3v) is 5.93. The van der Waals surface area contributed by atoms with Gasteiger partial charge in [0, 0.05) is 43.6 Å². The quantitative estimate of drug-likeness (QED) is 0.709. The van der Waals surface area contributed by atoms with Gasteiger partial charge < -0.3 is 4.90 Å². The third kappa shape index (κ3) is 5.57. The highest BCUT2D eigenvalue weighted by molar-refractivity contribution is 7.09. The summed E-state index contributed by atoms with van der Waals surface area (Å²) in [5.41, 5.74) is 0. The van der Waals surface area contributed by atoms with Crippen LogP contribution in [-0.2, 0) is 24.4 Å². The van der Waals surface area contributed by atoms with Gasteiger partial charge in [-0.05, 0) is 49.2 Å². The predicted octanol–water partition coefficient (Wildman–Crippen LogP) is 1.31. The first-order valence-electron chi connectivity index (χ1n) is 9.50. The second-order valence-corrected chi connectivity index (χ2v) is 8.38. The van der Waals surface area contributed by atoms with Crippen LogP contribution in [0.4, 0.5) is 0 Å². The van der Waals surface area contributed by atoms with E-state index in [9.17, 15) is 4.79 Å². The summed E-state index contributed by atoms with van der Waals surface area (Å²) in [7, 11) is 2.03. The van der Waals surface area contributed by atoms with E-state index in [0.29, 0.717) is 12.6 Å². The molecule has 0 saturated carbocycles. The van der Waals surface area contributed by atoms with Crippen molar-refractivity contribution in [3.05, 3.63) is 28.2 Å². The second kappa shape index (κ2) is 9.38.